The van der Waals surface area contributed by atoms with Crippen LogP contribution in [0.1, 0.15) is 62.9 Å². The molecule has 1 fully saturated rings. The van der Waals surface area contributed by atoms with Gasteiger partial charge < -0.3 is 4.74 Å². The Hall–Kier alpha value is -2.45. The van der Waals surface area contributed by atoms with Crippen molar-refractivity contribution in [2.45, 2.75) is 58.5 Å². The molecule has 0 spiro atoms. The fraction of sp³-hybridized carbons (Fsp3) is 0.409. The van der Waals surface area contributed by atoms with Gasteiger partial charge in [0, 0.05) is 11.5 Å². The minimum Gasteiger partial charge on any atom is -0.490 e. The van der Waals surface area contributed by atoms with E-state index in [9.17, 15) is 5.26 Å². The fourth-order valence-electron chi connectivity index (χ4n) is 3.08. The lowest BCUT2D eigenvalue weighted by atomic mass is 10.1. The first-order valence-corrected chi connectivity index (χ1v) is 10.3. The number of hydrogen-bond donors (Lipinski definition) is 0. The van der Waals surface area contributed by atoms with Crippen LogP contribution in [-0.2, 0) is 0 Å². The van der Waals surface area contributed by atoms with Crippen molar-refractivity contribution < 1.29 is 4.74 Å². The van der Waals surface area contributed by atoms with Gasteiger partial charge in [-0.15, -0.1) is 10.2 Å². The maximum atomic E-state index is 9.41. The predicted molar refractivity (Wildman–Crippen MR) is 110 cm³/mol. The van der Waals surface area contributed by atoms with Crippen molar-refractivity contribution in [2.75, 3.05) is 0 Å². The highest BCUT2D eigenvalue weighted by Gasteiger charge is 2.14. The highest BCUT2D eigenvalue weighted by atomic mass is 32.1. The summed E-state index contributed by atoms with van der Waals surface area (Å²) >= 11 is 1.57. The van der Waals surface area contributed by atoms with Crippen molar-refractivity contribution in [1.82, 2.24) is 10.2 Å². The highest BCUT2D eigenvalue weighted by molar-refractivity contribution is 7.14. The summed E-state index contributed by atoms with van der Waals surface area (Å²) in [5, 5.41) is 19.9. The van der Waals surface area contributed by atoms with Crippen molar-refractivity contribution >= 4 is 11.3 Å². The number of allylic oxidation sites excluding steroid dienone is 4. The number of aromatic nitrogens is 2. The molecule has 0 N–H and O–H groups in total. The largest absolute Gasteiger partial charge is 0.490 e. The van der Waals surface area contributed by atoms with Crippen LogP contribution < -0.4 is 4.74 Å². The molecule has 0 bridgehead atoms. The number of benzene rings is 1. The standard InChI is InChI=1S/C22H25N3OS/c1-15(2)26-20-12-11-18(13-19(20)14-23)22-25-24-21(27-22)16(3)7-6-10-17-8-4-5-9-17/h6-7,10-13,15-16H,4-5,8-9H2,1-3H3/b7-6-/t16-/m0/s1. The molecule has 0 unspecified atom stereocenters. The fourth-order valence-corrected chi connectivity index (χ4v) is 3.95. The van der Waals surface area contributed by atoms with E-state index in [1.165, 1.54) is 25.7 Å². The number of ether oxygens (including phenoxy) is 1. The van der Waals surface area contributed by atoms with Crippen LogP contribution in [0.5, 0.6) is 5.75 Å². The van der Waals surface area contributed by atoms with E-state index >= 15 is 0 Å². The third-order valence-electron chi connectivity index (χ3n) is 4.52. The Balaban J connectivity index is 1.74. The van der Waals surface area contributed by atoms with Crippen molar-refractivity contribution in [3.63, 3.8) is 0 Å². The molecular formula is C22H25N3OS. The van der Waals surface area contributed by atoms with Gasteiger partial charge in [0.15, 0.2) is 0 Å². The summed E-state index contributed by atoms with van der Waals surface area (Å²) in [5.74, 6) is 0.825. The third kappa shape index (κ3) is 5.05. The topological polar surface area (TPSA) is 58.8 Å². The van der Waals surface area contributed by atoms with E-state index in [2.05, 4.69) is 41.4 Å². The molecule has 0 aliphatic heterocycles. The van der Waals surface area contributed by atoms with Gasteiger partial charge in [-0.2, -0.15) is 5.26 Å². The summed E-state index contributed by atoms with van der Waals surface area (Å²) in [5.41, 5.74) is 2.97. The molecule has 1 atom stereocenters. The summed E-state index contributed by atoms with van der Waals surface area (Å²) in [6.07, 6.45) is 11.7. The molecule has 2 aromatic rings. The molecule has 5 heteroatoms. The van der Waals surface area contributed by atoms with E-state index < -0.39 is 0 Å². The van der Waals surface area contributed by atoms with E-state index in [0.717, 1.165) is 15.6 Å². The van der Waals surface area contributed by atoms with Crippen LogP contribution in [0.25, 0.3) is 10.6 Å². The lowest BCUT2D eigenvalue weighted by Crippen LogP contribution is -2.06. The molecule has 140 valence electrons. The van der Waals surface area contributed by atoms with Gasteiger partial charge in [0.1, 0.15) is 21.8 Å². The maximum Gasteiger partial charge on any atom is 0.147 e. The van der Waals surface area contributed by atoms with Crippen LogP contribution in [0.3, 0.4) is 0 Å². The van der Waals surface area contributed by atoms with Crippen LogP contribution in [0.2, 0.25) is 0 Å². The minimum atomic E-state index is 0.0305. The molecule has 0 saturated heterocycles. The van der Waals surface area contributed by atoms with E-state index in [0.29, 0.717) is 11.3 Å². The predicted octanol–water partition coefficient (Wildman–Crippen LogP) is 6.02. The Kier molecular flexibility index (Phi) is 6.41. The average molecular weight is 380 g/mol. The van der Waals surface area contributed by atoms with E-state index in [4.69, 9.17) is 4.74 Å². The zero-order valence-corrected chi connectivity index (χ0v) is 16.9. The van der Waals surface area contributed by atoms with Crippen molar-refractivity contribution in [1.29, 1.82) is 5.26 Å². The number of nitriles is 1. The van der Waals surface area contributed by atoms with Crippen molar-refractivity contribution in [3.8, 4) is 22.4 Å². The molecule has 1 aromatic heterocycles. The number of rotatable bonds is 6. The Morgan fingerprint density at radius 3 is 2.67 bits per heavy atom. The van der Waals surface area contributed by atoms with Crippen molar-refractivity contribution in [2.24, 2.45) is 0 Å². The lowest BCUT2D eigenvalue weighted by molar-refractivity contribution is 0.242. The summed E-state index contributed by atoms with van der Waals surface area (Å²) in [6.45, 7) is 6.03. The lowest BCUT2D eigenvalue weighted by Gasteiger charge is -2.11. The molecule has 3 rings (SSSR count). The molecule has 0 amide bonds. The first-order chi connectivity index (χ1) is 13.1. The molecule has 1 aliphatic carbocycles. The van der Waals surface area contributed by atoms with Crippen LogP contribution >= 0.6 is 11.3 Å². The molecule has 0 radical (unpaired) electrons. The SMILES string of the molecule is CC(C)Oc1ccc(-c2nnc([C@@H](C)/C=C\C=C3CCCC3)s2)cc1C#N. The molecule has 1 aliphatic rings. The van der Waals surface area contributed by atoms with Gasteiger partial charge in [-0.05, 0) is 57.7 Å². The maximum absolute atomic E-state index is 9.41. The average Bonchev–Trinajstić information content (AvgIpc) is 3.33. The summed E-state index contributed by atoms with van der Waals surface area (Å²) in [7, 11) is 0. The first-order valence-electron chi connectivity index (χ1n) is 9.47. The summed E-state index contributed by atoms with van der Waals surface area (Å²) in [4.78, 5) is 0. The monoisotopic (exact) mass is 379 g/mol. The van der Waals surface area contributed by atoms with Gasteiger partial charge in [0.2, 0.25) is 0 Å². The Morgan fingerprint density at radius 1 is 1.19 bits per heavy atom. The Morgan fingerprint density at radius 2 is 1.96 bits per heavy atom. The quantitative estimate of drug-likeness (QED) is 0.615. The first kappa shape index (κ1) is 19.3. The van der Waals surface area contributed by atoms with Gasteiger partial charge in [0.25, 0.3) is 0 Å². The van der Waals surface area contributed by atoms with Crippen molar-refractivity contribution in [3.05, 3.63) is 52.6 Å². The van der Waals surface area contributed by atoms with Gasteiger partial charge in [-0.3, -0.25) is 0 Å². The number of nitrogens with zero attached hydrogens (tertiary/aromatic N) is 3. The van der Waals surface area contributed by atoms with Crippen LogP contribution in [0.15, 0.2) is 42.0 Å². The zero-order valence-electron chi connectivity index (χ0n) is 16.1. The highest BCUT2D eigenvalue weighted by Crippen LogP contribution is 2.31. The molecule has 1 aromatic carbocycles. The minimum absolute atomic E-state index is 0.0305. The second-order valence-corrected chi connectivity index (χ2v) is 8.15. The summed E-state index contributed by atoms with van der Waals surface area (Å²) < 4.78 is 5.69. The molecular weight excluding hydrogens is 354 g/mol. The molecule has 4 nitrogen and oxygen atoms in total. The molecule has 1 saturated carbocycles. The Labute approximate surface area is 165 Å². The van der Waals surface area contributed by atoms with E-state index in [1.807, 2.05) is 32.0 Å². The van der Waals surface area contributed by atoms with Gasteiger partial charge >= 0.3 is 0 Å². The van der Waals surface area contributed by atoms with E-state index in [1.54, 1.807) is 16.9 Å². The summed E-state index contributed by atoms with van der Waals surface area (Å²) in [6, 6.07) is 7.81. The van der Waals surface area contributed by atoms with Crippen LogP contribution in [0, 0.1) is 11.3 Å². The van der Waals surface area contributed by atoms with Gasteiger partial charge in [-0.25, -0.2) is 0 Å². The van der Waals surface area contributed by atoms with Gasteiger partial charge in [0.05, 0.1) is 11.7 Å². The molecule has 1 heterocycles. The smallest absolute Gasteiger partial charge is 0.147 e. The molecule has 27 heavy (non-hydrogen) atoms. The van der Waals surface area contributed by atoms with E-state index in [-0.39, 0.29) is 12.0 Å². The Bertz CT molecular complexity index is 881. The zero-order chi connectivity index (χ0) is 19.2. The third-order valence-corrected chi connectivity index (χ3v) is 5.69. The number of hydrogen-bond acceptors (Lipinski definition) is 5. The normalized spacial score (nSPS) is 15.3. The second kappa shape index (κ2) is 8.96. The van der Waals surface area contributed by atoms with Crippen LogP contribution in [-0.4, -0.2) is 16.3 Å². The van der Waals surface area contributed by atoms with Crippen LogP contribution in [0.4, 0.5) is 0 Å². The van der Waals surface area contributed by atoms with Gasteiger partial charge in [-0.1, -0.05) is 42.1 Å². The second-order valence-electron chi connectivity index (χ2n) is 7.14.